The Bertz CT molecular complexity index is 1210. The van der Waals surface area contributed by atoms with Gasteiger partial charge in [-0.25, -0.2) is 4.68 Å². The Kier molecular flexibility index (Phi) is 6.02. The molecule has 0 fully saturated rings. The predicted molar refractivity (Wildman–Crippen MR) is 116 cm³/mol. The molecule has 2 aromatic carbocycles. The Hall–Kier alpha value is -4.34. The van der Waals surface area contributed by atoms with Gasteiger partial charge in [0.1, 0.15) is 31.2 Å². The molecule has 10 heteroatoms. The number of amides is 2. The van der Waals surface area contributed by atoms with Crippen LogP contribution < -0.4 is 30.4 Å². The van der Waals surface area contributed by atoms with E-state index in [-0.39, 0.29) is 12.2 Å². The Morgan fingerprint density at radius 3 is 2.44 bits per heavy atom. The predicted octanol–water partition coefficient (Wildman–Crippen LogP) is 1.91. The Labute approximate surface area is 182 Å². The zero-order valence-corrected chi connectivity index (χ0v) is 17.2. The van der Waals surface area contributed by atoms with Crippen LogP contribution in [0, 0.1) is 0 Å². The smallest absolute Gasteiger partial charge is 0.276 e. The third-order valence-corrected chi connectivity index (χ3v) is 4.57. The second-order valence-corrected chi connectivity index (χ2v) is 6.80. The first-order valence-electron chi connectivity index (χ1n) is 9.75. The third kappa shape index (κ3) is 4.86. The fourth-order valence-electron chi connectivity index (χ4n) is 3.01. The van der Waals surface area contributed by atoms with Gasteiger partial charge >= 0.3 is 0 Å². The van der Waals surface area contributed by atoms with Crippen LogP contribution in [0.25, 0.3) is 0 Å². The molecule has 0 spiro atoms. The molecule has 4 rings (SSSR count). The number of hydrogen-bond donors (Lipinski definition) is 2. The highest BCUT2D eigenvalue weighted by Gasteiger charge is 2.15. The van der Waals surface area contributed by atoms with Crippen LogP contribution in [0.2, 0.25) is 0 Å². The summed E-state index contributed by atoms with van der Waals surface area (Å²) in [6.45, 7) is 0.529. The first kappa shape index (κ1) is 20.9. The molecule has 1 aliphatic rings. The van der Waals surface area contributed by atoms with E-state index in [2.05, 4.69) is 15.7 Å². The van der Waals surface area contributed by atoms with Crippen molar-refractivity contribution in [1.82, 2.24) is 9.78 Å². The summed E-state index contributed by atoms with van der Waals surface area (Å²) in [6, 6.07) is 14.2. The van der Waals surface area contributed by atoms with Gasteiger partial charge in [0.15, 0.2) is 11.5 Å². The number of carbonyl (C=O) groups excluding carboxylic acids is 2. The zero-order valence-electron chi connectivity index (χ0n) is 17.2. The number of ether oxygens (including phenoxy) is 3. The average Bonchev–Trinajstić information content (AvgIpc) is 2.81. The standard InChI is InChI=1S/C22H20N4O6/c1-30-16-5-2-14(3-6-16)24-22(29)17-7-9-21(28)26(25-17)13-20(27)23-15-4-8-18-19(12-15)32-11-10-31-18/h2-9,12H,10-11,13H2,1H3,(H,23,27)(H,24,29). The third-order valence-electron chi connectivity index (χ3n) is 4.57. The molecule has 2 heterocycles. The van der Waals surface area contributed by atoms with Crippen molar-refractivity contribution < 1.29 is 23.8 Å². The monoisotopic (exact) mass is 436 g/mol. The topological polar surface area (TPSA) is 121 Å². The molecule has 0 saturated carbocycles. The minimum Gasteiger partial charge on any atom is -0.497 e. The van der Waals surface area contributed by atoms with E-state index in [1.165, 1.54) is 12.1 Å². The lowest BCUT2D eigenvalue weighted by Crippen LogP contribution is -2.31. The minimum atomic E-state index is -0.517. The highest BCUT2D eigenvalue weighted by Crippen LogP contribution is 2.32. The lowest BCUT2D eigenvalue weighted by Gasteiger charge is -2.19. The van der Waals surface area contributed by atoms with Crippen molar-refractivity contribution in [2.45, 2.75) is 6.54 Å². The summed E-state index contributed by atoms with van der Waals surface area (Å²) in [7, 11) is 1.55. The second-order valence-electron chi connectivity index (χ2n) is 6.80. The van der Waals surface area contributed by atoms with Crippen molar-refractivity contribution >= 4 is 23.2 Å². The summed E-state index contributed by atoms with van der Waals surface area (Å²) < 4.78 is 16.9. The van der Waals surface area contributed by atoms with E-state index in [0.29, 0.717) is 41.8 Å². The number of aromatic nitrogens is 2. The van der Waals surface area contributed by atoms with Gasteiger partial charge in [0.2, 0.25) is 5.91 Å². The van der Waals surface area contributed by atoms with E-state index in [1.807, 2.05) is 0 Å². The molecular weight excluding hydrogens is 416 g/mol. The van der Waals surface area contributed by atoms with E-state index in [4.69, 9.17) is 14.2 Å². The summed E-state index contributed by atoms with van der Waals surface area (Å²) in [6.07, 6.45) is 0. The lowest BCUT2D eigenvalue weighted by molar-refractivity contribution is -0.117. The number of fused-ring (bicyclic) bond motifs is 1. The SMILES string of the molecule is COc1ccc(NC(=O)c2ccc(=O)n(CC(=O)Nc3ccc4c(c3)OCCO4)n2)cc1. The van der Waals surface area contributed by atoms with Gasteiger partial charge in [-0.1, -0.05) is 0 Å². The normalized spacial score (nSPS) is 12.0. The summed E-state index contributed by atoms with van der Waals surface area (Å²) >= 11 is 0. The van der Waals surface area contributed by atoms with E-state index >= 15 is 0 Å². The molecule has 2 N–H and O–H groups in total. The van der Waals surface area contributed by atoms with Crippen molar-refractivity contribution in [1.29, 1.82) is 0 Å². The highest BCUT2D eigenvalue weighted by molar-refractivity contribution is 6.02. The Morgan fingerprint density at radius 2 is 1.69 bits per heavy atom. The minimum absolute atomic E-state index is 0.00690. The van der Waals surface area contributed by atoms with Crippen molar-refractivity contribution in [3.05, 3.63) is 70.6 Å². The number of rotatable bonds is 6. The van der Waals surface area contributed by atoms with Crippen LogP contribution in [-0.2, 0) is 11.3 Å². The molecule has 10 nitrogen and oxygen atoms in total. The van der Waals surface area contributed by atoms with E-state index in [0.717, 1.165) is 4.68 Å². The van der Waals surface area contributed by atoms with E-state index in [1.54, 1.807) is 49.6 Å². The van der Waals surface area contributed by atoms with Crippen LogP contribution in [0.3, 0.4) is 0 Å². The van der Waals surface area contributed by atoms with Crippen LogP contribution in [-0.4, -0.2) is 41.9 Å². The molecule has 0 bridgehead atoms. The first-order chi connectivity index (χ1) is 15.5. The molecule has 0 saturated heterocycles. The van der Waals surface area contributed by atoms with Crippen LogP contribution in [0.15, 0.2) is 59.4 Å². The van der Waals surface area contributed by atoms with Gasteiger partial charge in [-0.2, -0.15) is 5.10 Å². The molecule has 1 aliphatic heterocycles. The fourth-order valence-corrected chi connectivity index (χ4v) is 3.01. The van der Waals surface area contributed by atoms with E-state index < -0.39 is 17.4 Å². The number of nitrogens with one attached hydrogen (secondary N) is 2. The number of anilines is 2. The second kappa shape index (κ2) is 9.21. The van der Waals surface area contributed by atoms with Crippen LogP contribution in [0.1, 0.15) is 10.5 Å². The molecule has 1 aromatic heterocycles. The fraction of sp³-hybridized carbons (Fsp3) is 0.182. The maximum absolute atomic E-state index is 12.5. The summed E-state index contributed by atoms with van der Waals surface area (Å²) in [5, 5.41) is 9.38. The molecule has 0 aliphatic carbocycles. The number of methoxy groups -OCH3 is 1. The molecule has 2 amide bonds. The van der Waals surface area contributed by atoms with Gasteiger partial charge < -0.3 is 24.8 Å². The molecular formula is C22H20N4O6. The number of carbonyl (C=O) groups is 2. The van der Waals surface area contributed by atoms with Gasteiger partial charge in [0.25, 0.3) is 11.5 Å². The zero-order chi connectivity index (χ0) is 22.5. The van der Waals surface area contributed by atoms with Crippen LogP contribution >= 0.6 is 0 Å². The Balaban J connectivity index is 1.43. The van der Waals surface area contributed by atoms with Crippen LogP contribution in [0.5, 0.6) is 17.2 Å². The number of benzene rings is 2. The van der Waals surface area contributed by atoms with Crippen molar-refractivity contribution in [3.8, 4) is 17.2 Å². The molecule has 0 unspecified atom stereocenters. The van der Waals surface area contributed by atoms with Gasteiger partial charge in [-0.05, 0) is 42.5 Å². The molecule has 32 heavy (non-hydrogen) atoms. The molecule has 164 valence electrons. The quantitative estimate of drug-likeness (QED) is 0.606. The largest absolute Gasteiger partial charge is 0.497 e. The lowest BCUT2D eigenvalue weighted by atomic mass is 10.2. The van der Waals surface area contributed by atoms with Crippen molar-refractivity contribution in [2.75, 3.05) is 31.0 Å². The summed E-state index contributed by atoms with van der Waals surface area (Å²) in [5.74, 6) is 0.781. The van der Waals surface area contributed by atoms with Crippen molar-refractivity contribution in [2.24, 2.45) is 0 Å². The summed E-state index contributed by atoms with van der Waals surface area (Å²) in [4.78, 5) is 37.1. The first-order valence-corrected chi connectivity index (χ1v) is 9.75. The van der Waals surface area contributed by atoms with Crippen LogP contribution in [0.4, 0.5) is 11.4 Å². The van der Waals surface area contributed by atoms with Gasteiger partial charge in [0, 0.05) is 23.5 Å². The van der Waals surface area contributed by atoms with Gasteiger partial charge in [-0.3, -0.25) is 14.4 Å². The molecule has 3 aromatic rings. The number of nitrogens with zero attached hydrogens (tertiary/aromatic N) is 2. The number of hydrogen-bond acceptors (Lipinski definition) is 7. The van der Waals surface area contributed by atoms with Crippen molar-refractivity contribution in [3.63, 3.8) is 0 Å². The summed E-state index contributed by atoms with van der Waals surface area (Å²) in [5.41, 5.74) is 0.503. The van der Waals surface area contributed by atoms with E-state index in [9.17, 15) is 14.4 Å². The van der Waals surface area contributed by atoms with Gasteiger partial charge in [-0.15, -0.1) is 0 Å². The van der Waals surface area contributed by atoms with Gasteiger partial charge in [0.05, 0.1) is 7.11 Å². The average molecular weight is 436 g/mol. The Morgan fingerprint density at radius 1 is 0.969 bits per heavy atom. The maximum Gasteiger partial charge on any atom is 0.276 e. The molecule has 0 radical (unpaired) electrons. The highest BCUT2D eigenvalue weighted by atomic mass is 16.6. The molecule has 0 atom stereocenters. The maximum atomic E-state index is 12.5.